The van der Waals surface area contributed by atoms with E-state index in [4.69, 9.17) is 14.2 Å². The Hall–Kier alpha value is -4.40. The summed E-state index contributed by atoms with van der Waals surface area (Å²) in [7, 11) is 2.81. The predicted molar refractivity (Wildman–Crippen MR) is 110 cm³/mol. The molecule has 0 aromatic heterocycles. The number of hydrogen-bond acceptors (Lipinski definition) is 7. The number of nitrogens with zero attached hydrogens (tertiary/aromatic N) is 1. The molecule has 1 N–H and O–H groups in total. The number of non-ortho nitro benzene ring substituents is 1. The van der Waals surface area contributed by atoms with Crippen molar-refractivity contribution >= 4 is 17.6 Å². The minimum atomic E-state index is -1.15. The first-order valence-electron chi connectivity index (χ1n) is 8.91. The maximum absolute atomic E-state index is 12.4. The van der Waals surface area contributed by atoms with Crippen molar-refractivity contribution in [2.75, 3.05) is 14.2 Å². The Morgan fingerprint density at radius 3 is 2.06 bits per heavy atom. The van der Waals surface area contributed by atoms with Crippen molar-refractivity contribution in [3.63, 3.8) is 0 Å². The summed E-state index contributed by atoms with van der Waals surface area (Å²) in [6.45, 7) is 0. The molecule has 0 aliphatic carbocycles. The van der Waals surface area contributed by atoms with Crippen LogP contribution in [0.1, 0.15) is 20.7 Å². The Labute approximate surface area is 176 Å². The number of ether oxygens (including phenoxy) is 3. The van der Waals surface area contributed by atoms with E-state index in [-0.39, 0.29) is 28.3 Å². The number of aromatic carboxylic acids is 1. The summed E-state index contributed by atoms with van der Waals surface area (Å²) in [6, 6.07) is 14.3. The standard InChI is InChI=1S/C22H17NO8/c1-29-18-12-11-17(21(24)25)20(30-2)19(18)13-3-5-14(6-4-13)22(26)31-16-9-7-15(8-10-16)23(27)28/h3-12H,1-2H3,(H,24,25). The fraction of sp³-hybridized carbons (Fsp3) is 0.0909. The summed E-state index contributed by atoms with van der Waals surface area (Å²) >= 11 is 0. The lowest BCUT2D eigenvalue weighted by atomic mass is 9.99. The topological polar surface area (TPSA) is 125 Å². The molecule has 0 amide bonds. The normalized spacial score (nSPS) is 10.3. The molecule has 0 heterocycles. The summed E-state index contributed by atoms with van der Waals surface area (Å²) in [6.07, 6.45) is 0. The smallest absolute Gasteiger partial charge is 0.343 e. The molecule has 0 aliphatic heterocycles. The van der Waals surface area contributed by atoms with Gasteiger partial charge in [-0.2, -0.15) is 0 Å². The minimum Gasteiger partial charge on any atom is -0.496 e. The zero-order valence-corrected chi connectivity index (χ0v) is 16.5. The first-order chi connectivity index (χ1) is 14.8. The summed E-state index contributed by atoms with van der Waals surface area (Å²) in [4.78, 5) is 34.1. The van der Waals surface area contributed by atoms with Gasteiger partial charge in [0.05, 0.1) is 30.3 Å². The van der Waals surface area contributed by atoms with E-state index in [2.05, 4.69) is 0 Å². The van der Waals surface area contributed by atoms with Crippen LogP contribution < -0.4 is 14.2 Å². The third kappa shape index (κ3) is 4.45. The molecule has 0 unspecified atom stereocenters. The van der Waals surface area contributed by atoms with Crippen molar-refractivity contribution in [1.29, 1.82) is 0 Å². The molecular weight excluding hydrogens is 406 g/mol. The summed E-state index contributed by atoms with van der Waals surface area (Å²) in [5.41, 5.74) is 1.09. The van der Waals surface area contributed by atoms with Gasteiger partial charge in [-0.05, 0) is 42.0 Å². The van der Waals surface area contributed by atoms with Crippen molar-refractivity contribution in [3.8, 4) is 28.4 Å². The summed E-state index contributed by atoms with van der Waals surface area (Å²) < 4.78 is 15.9. The van der Waals surface area contributed by atoms with Crippen LogP contribution in [0, 0.1) is 10.1 Å². The molecule has 31 heavy (non-hydrogen) atoms. The van der Waals surface area contributed by atoms with Gasteiger partial charge < -0.3 is 19.3 Å². The van der Waals surface area contributed by atoms with Crippen LogP contribution in [0.3, 0.4) is 0 Å². The Bertz CT molecular complexity index is 1140. The maximum Gasteiger partial charge on any atom is 0.343 e. The minimum absolute atomic E-state index is 0.0278. The highest BCUT2D eigenvalue weighted by molar-refractivity contribution is 5.96. The molecule has 3 aromatic rings. The van der Waals surface area contributed by atoms with E-state index in [9.17, 15) is 24.8 Å². The van der Waals surface area contributed by atoms with Crippen molar-refractivity contribution in [1.82, 2.24) is 0 Å². The third-order valence-corrected chi connectivity index (χ3v) is 4.44. The van der Waals surface area contributed by atoms with E-state index >= 15 is 0 Å². The van der Waals surface area contributed by atoms with E-state index in [0.29, 0.717) is 16.9 Å². The Balaban J connectivity index is 1.89. The van der Waals surface area contributed by atoms with E-state index in [1.807, 2.05) is 0 Å². The second kappa shape index (κ2) is 8.95. The lowest BCUT2D eigenvalue weighted by Gasteiger charge is -2.15. The number of esters is 1. The Morgan fingerprint density at radius 1 is 0.903 bits per heavy atom. The number of carboxylic acids is 1. The number of hydrogen-bond donors (Lipinski definition) is 1. The molecule has 0 spiro atoms. The van der Waals surface area contributed by atoms with Crippen LogP contribution >= 0.6 is 0 Å². The van der Waals surface area contributed by atoms with Gasteiger partial charge >= 0.3 is 11.9 Å². The zero-order valence-electron chi connectivity index (χ0n) is 16.5. The largest absolute Gasteiger partial charge is 0.496 e. The lowest BCUT2D eigenvalue weighted by Crippen LogP contribution is -2.08. The number of methoxy groups -OCH3 is 2. The SMILES string of the molecule is COc1ccc(C(=O)O)c(OC)c1-c1ccc(C(=O)Oc2ccc([N+](=O)[O-])cc2)cc1. The summed E-state index contributed by atoms with van der Waals surface area (Å²) in [5, 5.41) is 20.1. The van der Waals surface area contributed by atoms with Gasteiger partial charge in [0, 0.05) is 12.1 Å². The number of nitro benzene ring substituents is 1. The van der Waals surface area contributed by atoms with Gasteiger partial charge in [0.15, 0.2) is 0 Å². The molecule has 0 bridgehead atoms. The van der Waals surface area contributed by atoms with Crippen LogP contribution in [0.25, 0.3) is 11.1 Å². The Morgan fingerprint density at radius 2 is 1.55 bits per heavy atom. The zero-order chi connectivity index (χ0) is 22.5. The molecule has 3 rings (SSSR count). The molecular formula is C22H17NO8. The van der Waals surface area contributed by atoms with Crippen molar-refractivity contribution in [2.45, 2.75) is 0 Å². The van der Waals surface area contributed by atoms with E-state index < -0.39 is 16.9 Å². The van der Waals surface area contributed by atoms with Crippen LogP contribution in [0.2, 0.25) is 0 Å². The predicted octanol–water partition coefficient (Wildman–Crippen LogP) is 4.20. The fourth-order valence-electron chi connectivity index (χ4n) is 2.96. The summed E-state index contributed by atoms with van der Waals surface area (Å²) in [5.74, 6) is -1.10. The molecule has 0 radical (unpaired) electrons. The molecule has 158 valence electrons. The number of carbonyl (C=O) groups excluding carboxylic acids is 1. The molecule has 9 heteroatoms. The van der Waals surface area contributed by atoms with Crippen LogP contribution in [-0.2, 0) is 0 Å². The molecule has 0 saturated heterocycles. The average molecular weight is 423 g/mol. The molecule has 9 nitrogen and oxygen atoms in total. The lowest BCUT2D eigenvalue weighted by molar-refractivity contribution is -0.384. The highest BCUT2D eigenvalue weighted by atomic mass is 16.6. The number of benzene rings is 3. The molecule has 0 saturated carbocycles. The van der Waals surface area contributed by atoms with Gasteiger partial charge in [-0.3, -0.25) is 10.1 Å². The number of nitro groups is 1. The average Bonchev–Trinajstić information content (AvgIpc) is 2.78. The van der Waals surface area contributed by atoms with Crippen LogP contribution in [0.4, 0.5) is 5.69 Å². The van der Waals surface area contributed by atoms with Gasteiger partial charge in [0.25, 0.3) is 5.69 Å². The molecule has 3 aromatic carbocycles. The van der Waals surface area contributed by atoms with Crippen molar-refractivity contribution in [3.05, 3.63) is 81.9 Å². The monoisotopic (exact) mass is 423 g/mol. The van der Waals surface area contributed by atoms with Gasteiger partial charge in [-0.1, -0.05) is 12.1 Å². The van der Waals surface area contributed by atoms with Gasteiger partial charge in [-0.15, -0.1) is 0 Å². The molecule has 0 atom stereocenters. The first-order valence-corrected chi connectivity index (χ1v) is 8.91. The molecule has 0 aliphatic rings. The first kappa shape index (κ1) is 21.3. The Kier molecular flexibility index (Phi) is 6.15. The quantitative estimate of drug-likeness (QED) is 0.259. The van der Waals surface area contributed by atoms with Crippen LogP contribution in [-0.4, -0.2) is 36.2 Å². The van der Waals surface area contributed by atoms with E-state index in [0.717, 1.165) is 0 Å². The third-order valence-electron chi connectivity index (χ3n) is 4.44. The van der Waals surface area contributed by atoms with Crippen LogP contribution in [0.15, 0.2) is 60.7 Å². The number of carboxylic acid groups (broad SMARTS) is 1. The van der Waals surface area contributed by atoms with Gasteiger partial charge in [0.2, 0.25) is 0 Å². The number of rotatable bonds is 7. The molecule has 0 fully saturated rings. The van der Waals surface area contributed by atoms with Crippen molar-refractivity contribution in [2.24, 2.45) is 0 Å². The number of carbonyl (C=O) groups is 2. The van der Waals surface area contributed by atoms with Gasteiger partial charge in [-0.25, -0.2) is 9.59 Å². The second-order valence-corrected chi connectivity index (χ2v) is 6.25. The van der Waals surface area contributed by atoms with E-state index in [1.165, 1.54) is 62.8 Å². The highest BCUT2D eigenvalue weighted by Gasteiger charge is 2.21. The fourth-order valence-corrected chi connectivity index (χ4v) is 2.96. The van der Waals surface area contributed by atoms with E-state index in [1.54, 1.807) is 12.1 Å². The van der Waals surface area contributed by atoms with Gasteiger partial charge in [0.1, 0.15) is 22.8 Å². The van der Waals surface area contributed by atoms with Crippen LogP contribution in [0.5, 0.6) is 17.2 Å². The van der Waals surface area contributed by atoms with Crippen molar-refractivity contribution < 1.29 is 33.8 Å². The highest BCUT2D eigenvalue weighted by Crippen LogP contribution is 2.41. The second-order valence-electron chi connectivity index (χ2n) is 6.25. The maximum atomic E-state index is 12.4.